The fraction of sp³-hybridized carbons (Fsp3) is 0.286. The number of allylic oxidation sites excluding steroid dienone is 1. The summed E-state index contributed by atoms with van der Waals surface area (Å²) in [4.78, 5) is 0. The maximum Gasteiger partial charge on any atom is 0.188 e. The lowest BCUT2D eigenvalue weighted by molar-refractivity contribution is 0.0460. The van der Waals surface area contributed by atoms with Gasteiger partial charge in [0.1, 0.15) is 17.2 Å². The van der Waals surface area contributed by atoms with Crippen LogP contribution in [0.2, 0.25) is 0 Å². The summed E-state index contributed by atoms with van der Waals surface area (Å²) < 4.78 is 31.1. The average molecular weight is 385 g/mol. The number of nitrogens with zero attached hydrogens (tertiary/aromatic N) is 1. The van der Waals surface area contributed by atoms with Crippen molar-refractivity contribution in [2.45, 2.75) is 0 Å². The fourth-order valence-corrected chi connectivity index (χ4v) is 2.28. The third-order valence-corrected chi connectivity index (χ3v) is 3.53. The summed E-state index contributed by atoms with van der Waals surface area (Å²) in [6.07, 6.45) is 1.77. The minimum atomic E-state index is 0.0850. The van der Waals surface area contributed by atoms with Crippen LogP contribution in [-0.4, -0.2) is 41.7 Å². The molecule has 0 heterocycles. The fourth-order valence-electron chi connectivity index (χ4n) is 2.28. The summed E-state index contributed by atoms with van der Waals surface area (Å²) in [5.74, 6) is 1.73. The van der Waals surface area contributed by atoms with Crippen molar-refractivity contribution in [3.63, 3.8) is 0 Å². The molecule has 0 saturated carbocycles. The summed E-state index contributed by atoms with van der Waals surface area (Å²) in [7, 11) is 4.63. The summed E-state index contributed by atoms with van der Waals surface area (Å²) >= 11 is 0. The van der Waals surface area contributed by atoms with E-state index < -0.39 is 0 Å². The Morgan fingerprint density at radius 1 is 0.786 bits per heavy atom. The molecule has 0 radical (unpaired) electrons. The Bertz CT molecular complexity index is 784. The second-order valence-corrected chi connectivity index (χ2v) is 5.58. The Morgan fingerprint density at radius 3 is 1.75 bits per heavy atom. The van der Waals surface area contributed by atoms with E-state index in [0.717, 1.165) is 5.56 Å². The van der Waals surface area contributed by atoms with Gasteiger partial charge in [-0.05, 0) is 41.5 Å². The van der Waals surface area contributed by atoms with Crippen molar-refractivity contribution in [2.24, 2.45) is 0 Å². The Labute approximate surface area is 164 Å². The van der Waals surface area contributed by atoms with Gasteiger partial charge in [-0.2, -0.15) is 5.26 Å². The Balaban J connectivity index is 2.30. The standard InChI is InChI=1S/C21H23NO6/c1-23-13-26-19-6-4-16(5-7-19)8-18(12-22)17-9-20(27-14-24-2)11-21(10-17)28-15-25-3/h4-11H,13-15H2,1-3H3/b18-8+. The molecule has 28 heavy (non-hydrogen) atoms. The smallest absolute Gasteiger partial charge is 0.188 e. The van der Waals surface area contributed by atoms with Crippen LogP contribution >= 0.6 is 0 Å². The lowest BCUT2D eigenvalue weighted by atomic mass is 10.0. The Morgan fingerprint density at radius 2 is 1.29 bits per heavy atom. The zero-order valence-corrected chi connectivity index (χ0v) is 16.1. The van der Waals surface area contributed by atoms with Gasteiger partial charge in [-0.15, -0.1) is 0 Å². The first-order chi connectivity index (χ1) is 13.7. The van der Waals surface area contributed by atoms with E-state index in [9.17, 15) is 5.26 Å². The molecule has 0 unspecified atom stereocenters. The van der Waals surface area contributed by atoms with Crippen molar-refractivity contribution in [1.29, 1.82) is 5.26 Å². The quantitative estimate of drug-likeness (QED) is 0.331. The van der Waals surface area contributed by atoms with Crippen LogP contribution in [0.15, 0.2) is 42.5 Å². The van der Waals surface area contributed by atoms with E-state index in [1.54, 1.807) is 31.4 Å². The van der Waals surface area contributed by atoms with Crippen LogP contribution in [0.3, 0.4) is 0 Å². The van der Waals surface area contributed by atoms with Gasteiger partial charge in [0.15, 0.2) is 20.4 Å². The van der Waals surface area contributed by atoms with Crippen LogP contribution in [0.5, 0.6) is 17.2 Å². The van der Waals surface area contributed by atoms with Crippen LogP contribution in [0.25, 0.3) is 11.6 Å². The third-order valence-electron chi connectivity index (χ3n) is 3.53. The van der Waals surface area contributed by atoms with Gasteiger partial charge in [0.2, 0.25) is 0 Å². The van der Waals surface area contributed by atoms with Crippen LogP contribution in [0.4, 0.5) is 0 Å². The lowest BCUT2D eigenvalue weighted by Gasteiger charge is -2.11. The van der Waals surface area contributed by atoms with Crippen molar-refractivity contribution >= 4 is 11.6 Å². The van der Waals surface area contributed by atoms with Gasteiger partial charge in [-0.3, -0.25) is 0 Å². The van der Waals surface area contributed by atoms with E-state index in [0.29, 0.717) is 28.4 Å². The lowest BCUT2D eigenvalue weighted by Crippen LogP contribution is -2.02. The molecule has 0 aromatic heterocycles. The minimum absolute atomic E-state index is 0.0850. The molecular weight excluding hydrogens is 362 g/mol. The highest BCUT2D eigenvalue weighted by Gasteiger charge is 2.08. The number of benzene rings is 2. The van der Waals surface area contributed by atoms with Gasteiger partial charge in [-0.1, -0.05) is 12.1 Å². The maximum atomic E-state index is 9.65. The molecule has 0 atom stereocenters. The number of hydrogen-bond donors (Lipinski definition) is 0. The summed E-state index contributed by atoms with van der Waals surface area (Å²) in [5.41, 5.74) is 1.96. The molecule has 0 fully saturated rings. The monoisotopic (exact) mass is 385 g/mol. The van der Waals surface area contributed by atoms with E-state index in [-0.39, 0.29) is 20.4 Å². The first-order valence-electron chi connectivity index (χ1n) is 8.42. The van der Waals surface area contributed by atoms with E-state index in [4.69, 9.17) is 28.4 Å². The minimum Gasteiger partial charge on any atom is -0.468 e. The maximum absolute atomic E-state index is 9.65. The highest BCUT2D eigenvalue weighted by molar-refractivity contribution is 5.90. The van der Waals surface area contributed by atoms with Crippen LogP contribution in [-0.2, 0) is 14.2 Å². The number of rotatable bonds is 11. The van der Waals surface area contributed by atoms with Crippen molar-refractivity contribution in [1.82, 2.24) is 0 Å². The normalized spacial score (nSPS) is 11.0. The van der Waals surface area contributed by atoms with Crippen LogP contribution < -0.4 is 14.2 Å². The van der Waals surface area contributed by atoms with E-state index in [1.807, 2.05) is 24.3 Å². The Hall–Kier alpha value is -3.05. The average Bonchev–Trinajstić information content (AvgIpc) is 2.73. The number of methoxy groups -OCH3 is 3. The molecule has 0 aliphatic carbocycles. The van der Waals surface area contributed by atoms with Crippen molar-refractivity contribution in [2.75, 3.05) is 41.7 Å². The highest BCUT2D eigenvalue weighted by atomic mass is 16.7. The number of hydrogen-bond acceptors (Lipinski definition) is 7. The van der Waals surface area contributed by atoms with Crippen LogP contribution in [0.1, 0.15) is 11.1 Å². The van der Waals surface area contributed by atoms with E-state index >= 15 is 0 Å². The zero-order chi connectivity index (χ0) is 20.2. The SMILES string of the molecule is COCOc1ccc(/C=C(\C#N)c2cc(OCOC)cc(OCOC)c2)cc1. The zero-order valence-electron chi connectivity index (χ0n) is 16.1. The molecule has 2 rings (SSSR count). The molecular formula is C21H23NO6. The molecule has 0 aliphatic heterocycles. The van der Waals surface area contributed by atoms with Gasteiger partial charge in [-0.25, -0.2) is 0 Å². The largest absolute Gasteiger partial charge is 0.468 e. The first kappa shape index (κ1) is 21.3. The highest BCUT2D eigenvalue weighted by Crippen LogP contribution is 2.29. The molecule has 0 amide bonds. The third kappa shape index (κ3) is 6.59. The molecule has 2 aromatic rings. The summed E-state index contributed by atoms with van der Waals surface area (Å²) in [5, 5.41) is 9.65. The molecule has 7 nitrogen and oxygen atoms in total. The molecule has 0 bridgehead atoms. The van der Waals surface area contributed by atoms with Crippen molar-refractivity contribution < 1.29 is 28.4 Å². The van der Waals surface area contributed by atoms with Gasteiger partial charge in [0.25, 0.3) is 0 Å². The second kappa shape index (κ2) is 11.6. The number of ether oxygens (including phenoxy) is 6. The van der Waals surface area contributed by atoms with Crippen molar-refractivity contribution in [3.05, 3.63) is 53.6 Å². The predicted molar refractivity (Wildman–Crippen MR) is 104 cm³/mol. The van der Waals surface area contributed by atoms with Gasteiger partial charge >= 0.3 is 0 Å². The van der Waals surface area contributed by atoms with Gasteiger partial charge in [0.05, 0.1) is 11.6 Å². The molecule has 2 aromatic carbocycles. The van der Waals surface area contributed by atoms with Crippen molar-refractivity contribution in [3.8, 4) is 23.3 Å². The van der Waals surface area contributed by atoms with E-state index in [1.165, 1.54) is 14.2 Å². The molecule has 0 N–H and O–H groups in total. The molecule has 7 heteroatoms. The number of nitriles is 1. The predicted octanol–water partition coefficient (Wildman–Crippen LogP) is 3.70. The van der Waals surface area contributed by atoms with Gasteiger partial charge in [0, 0.05) is 27.4 Å². The first-order valence-corrected chi connectivity index (χ1v) is 8.42. The molecule has 148 valence electrons. The van der Waals surface area contributed by atoms with Crippen LogP contribution in [0, 0.1) is 11.3 Å². The summed E-state index contributed by atoms with van der Waals surface area (Å²) in [6.45, 7) is 0.348. The molecule has 0 spiro atoms. The summed E-state index contributed by atoms with van der Waals surface area (Å²) in [6, 6.07) is 14.8. The Kier molecular flexibility index (Phi) is 8.82. The van der Waals surface area contributed by atoms with Gasteiger partial charge < -0.3 is 28.4 Å². The topological polar surface area (TPSA) is 79.2 Å². The molecule has 0 aliphatic rings. The van der Waals surface area contributed by atoms with E-state index in [2.05, 4.69) is 6.07 Å². The second-order valence-electron chi connectivity index (χ2n) is 5.58. The molecule has 0 saturated heterocycles.